The number of β-amino-alcohol motifs (C(OH)–C–C–N with tert-alkyl or cyclic N) is 2. The topological polar surface area (TPSA) is 43.7 Å². The molecular weight excluding hydrogens is 187 g/mol. The Bertz CT molecular complexity index is 174. The van der Waals surface area contributed by atoms with Crippen LogP contribution in [0.4, 0.5) is 13.2 Å². The molecule has 0 radical (unpaired) electrons. The van der Waals surface area contributed by atoms with Crippen LogP contribution in [0.15, 0.2) is 0 Å². The molecule has 0 amide bonds. The van der Waals surface area contributed by atoms with Gasteiger partial charge in [-0.05, 0) is 6.42 Å². The van der Waals surface area contributed by atoms with Gasteiger partial charge in [-0.3, -0.25) is 4.90 Å². The zero-order valence-corrected chi connectivity index (χ0v) is 6.96. The predicted octanol–water partition coefficient (Wildman–Crippen LogP) is -0.0238. The number of aliphatic hydroxyl groups excluding tert-OH is 2. The van der Waals surface area contributed by atoms with Gasteiger partial charge in [-0.15, -0.1) is 0 Å². The first-order valence-corrected chi connectivity index (χ1v) is 4.05. The number of hydrogen-bond donors (Lipinski definition) is 2. The molecule has 1 aliphatic rings. The predicted molar refractivity (Wildman–Crippen MR) is 39.1 cm³/mol. The Morgan fingerprint density at radius 3 is 2.46 bits per heavy atom. The molecule has 2 N–H and O–H groups in total. The fourth-order valence-corrected chi connectivity index (χ4v) is 1.33. The number of aliphatic hydroxyl groups is 2. The lowest BCUT2D eigenvalue weighted by Crippen LogP contribution is -2.40. The van der Waals surface area contributed by atoms with Gasteiger partial charge in [-0.2, -0.15) is 13.2 Å². The van der Waals surface area contributed by atoms with Gasteiger partial charge in [0.15, 0.2) is 6.10 Å². The van der Waals surface area contributed by atoms with E-state index in [2.05, 4.69) is 0 Å². The molecule has 78 valence electrons. The summed E-state index contributed by atoms with van der Waals surface area (Å²) in [5.74, 6) is 0. The Labute approximate surface area is 73.8 Å². The third-order valence-corrected chi connectivity index (χ3v) is 2.06. The largest absolute Gasteiger partial charge is 0.415 e. The first-order valence-electron chi connectivity index (χ1n) is 4.05. The first kappa shape index (κ1) is 10.7. The van der Waals surface area contributed by atoms with Crippen molar-refractivity contribution in [2.75, 3.05) is 19.6 Å². The highest BCUT2D eigenvalue weighted by Gasteiger charge is 2.39. The lowest BCUT2D eigenvalue weighted by Gasteiger charge is -2.21. The number of rotatable bonds is 2. The van der Waals surface area contributed by atoms with Crippen LogP contribution in [-0.4, -0.2) is 53.1 Å². The van der Waals surface area contributed by atoms with E-state index in [4.69, 9.17) is 10.2 Å². The SMILES string of the molecule is OC(CN1CC[C@@H](O)C1)C(F)(F)F. The Morgan fingerprint density at radius 2 is 2.08 bits per heavy atom. The highest BCUT2D eigenvalue weighted by atomic mass is 19.4. The Morgan fingerprint density at radius 1 is 1.46 bits per heavy atom. The summed E-state index contributed by atoms with van der Waals surface area (Å²) in [7, 11) is 0. The van der Waals surface area contributed by atoms with Gasteiger partial charge < -0.3 is 10.2 Å². The van der Waals surface area contributed by atoms with Crippen molar-refractivity contribution in [2.24, 2.45) is 0 Å². The monoisotopic (exact) mass is 199 g/mol. The molecule has 1 saturated heterocycles. The average Bonchev–Trinajstić information content (AvgIpc) is 2.33. The molecule has 0 aromatic heterocycles. The van der Waals surface area contributed by atoms with E-state index in [1.807, 2.05) is 0 Å². The molecule has 3 nitrogen and oxygen atoms in total. The molecular formula is C7H12F3NO2. The van der Waals surface area contributed by atoms with E-state index >= 15 is 0 Å². The number of nitrogens with zero attached hydrogens (tertiary/aromatic N) is 1. The van der Waals surface area contributed by atoms with Crippen LogP contribution in [0.2, 0.25) is 0 Å². The summed E-state index contributed by atoms with van der Waals surface area (Å²) >= 11 is 0. The summed E-state index contributed by atoms with van der Waals surface area (Å²) in [6, 6.07) is 0. The second kappa shape index (κ2) is 3.81. The molecule has 1 heterocycles. The van der Waals surface area contributed by atoms with Crippen molar-refractivity contribution < 1.29 is 23.4 Å². The average molecular weight is 199 g/mol. The smallest absolute Gasteiger partial charge is 0.392 e. The molecule has 1 aliphatic heterocycles. The van der Waals surface area contributed by atoms with Crippen LogP contribution in [0.3, 0.4) is 0 Å². The zero-order valence-electron chi connectivity index (χ0n) is 6.96. The van der Waals surface area contributed by atoms with Crippen molar-refractivity contribution in [3.05, 3.63) is 0 Å². The van der Waals surface area contributed by atoms with Gasteiger partial charge >= 0.3 is 6.18 Å². The molecule has 6 heteroatoms. The number of likely N-dealkylation sites (tertiary alicyclic amines) is 1. The first-order chi connectivity index (χ1) is 5.89. The molecule has 0 bridgehead atoms. The standard InChI is InChI=1S/C7H12F3NO2/c8-7(9,10)6(13)4-11-2-1-5(12)3-11/h5-6,12-13H,1-4H2/t5-,6?/m1/s1. The van der Waals surface area contributed by atoms with E-state index in [0.717, 1.165) is 0 Å². The van der Waals surface area contributed by atoms with Crippen LogP contribution < -0.4 is 0 Å². The van der Waals surface area contributed by atoms with Crippen LogP contribution in [-0.2, 0) is 0 Å². The minimum absolute atomic E-state index is 0.215. The van der Waals surface area contributed by atoms with E-state index in [1.165, 1.54) is 4.90 Å². The molecule has 1 fully saturated rings. The van der Waals surface area contributed by atoms with Crippen LogP contribution >= 0.6 is 0 Å². The second-order valence-corrected chi connectivity index (χ2v) is 3.26. The fourth-order valence-electron chi connectivity index (χ4n) is 1.33. The molecule has 0 aromatic carbocycles. The van der Waals surface area contributed by atoms with E-state index in [-0.39, 0.29) is 6.54 Å². The zero-order chi connectivity index (χ0) is 10.1. The Hall–Kier alpha value is -0.330. The molecule has 0 aromatic rings. The molecule has 1 rings (SSSR count). The summed E-state index contributed by atoms with van der Waals surface area (Å²) in [6.45, 7) is 0.183. The molecule has 1 unspecified atom stereocenters. The minimum atomic E-state index is -4.56. The number of alkyl halides is 3. The van der Waals surface area contributed by atoms with Crippen molar-refractivity contribution in [1.29, 1.82) is 0 Å². The van der Waals surface area contributed by atoms with E-state index in [0.29, 0.717) is 13.0 Å². The van der Waals surface area contributed by atoms with Gasteiger partial charge in [0.2, 0.25) is 0 Å². The van der Waals surface area contributed by atoms with Gasteiger partial charge in [0.1, 0.15) is 0 Å². The summed E-state index contributed by atoms with van der Waals surface area (Å²) in [5, 5.41) is 17.7. The highest BCUT2D eigenvalue weighted by Crippen LogP contribution is 2.21. The normalized spacial score (nSPS) is 27.9. The lowest BCUT2D eigenvalue weighted by molar-refractivity contribution is -0.207. The van der Waals surface area contributed by atoms with Crippen molar-refractivity contribution >= 4 is 0 Å². The van der Waals surface area contributed by atoms with E-state index in [9.17, 15) is 13.2 Å². The van der Waals surface area contributed by atoms with E-state index in [1.54, 1.807) is 0 Å². The van der Waals surface area contributed by atoms with Crippen LogP contribution in [0.5, 0.6) is 0 Å². The van der Waals surface area contributed by atoms with E-state index < -0.39 is 24.9 Å². The van der Waals surface area contributed by atoms with Crippen molar-refractivity contribution in [1.82, 2.24) is 4.90 Å². The van der Waals surface area contributed by atoms with Crippen molar-refractivity contribution in [3.8, 4) is 0 Å². The highest BCUT2D eigenvalue weighted by molar-refractivity contribution is 4.78. The quantitative estimate of drug-likeness (QED) is 0.656. The maximum Gasteiger partial charge on any atom is 0.415 e. The summed E-state index contributed by atoms with van der Waals surface area (Å²) in [5.41, 5.74) is 0. The van der Waals surface area contributed by atoms with Crippen LogP contribution in [0, 0.1) is 0 Å². The van der Waals surface area contributed by atoms with Crippen LogP contribution in [0.1, 0.15) is 6.42 Å². The molecule has 0 aliphatic carbocycles. The summed E-state index contributed by atoms with van der Waals surface area (Å²) in [4.78, 5) is 1.41. The second-order valence-electron chi connectivity index (χ2n) is 3.26. The third-order valence-electron chi connectivity index (χ3n) is 2.06. The Kier molecular flexibility index (Phi) is 3.15. The fraction of sp³-hybridized carbons (Fsp3) is 1.00. The van der Waals surface area contributed by atoms with Crippen molar-refractivity contribution in [3.63, 3.8) is 0 Å². The maximum atomic E-state index is 11.9. The van der Waals surface area contributed by atoms with Gasteiger partial charge in [0.25, 0.3) is 0 Å². The molecule has 13 heavy (non-hydrogen) atoms. The molecule has 2 atom stereocenters. The summed E-state index contributed by atoms with van der Waals surface area (Å²) in [6.07, 6.45) is -6.95. The van der Waals surface area contributed by atoms with Gasteiger partial charge in [0, 0.05) is 19.6 Å². The van der Waals surface area contributed by atoms with Crippen molar-refractivity contribution in [2.45, 2.75) is 24.8 Å². The van der Waals surface area contributed by atoms with Crippen LogP contribution in [0.25, 0.3) is 0 Å². The molecule has 0 spiro atoms. The maximum absolute atomic E-state index is 11.9. The molecule has 0 saturated carbocycles. The lowest BCUT2D eigenvalue weighted by atomic mass is 10.3. The van der Waals surface area contributed by atoms with Gasteiger partial charge in [-0.1, -0.05) is 0 Å². The Balaban J connectivity index is 2.33. The van der Waals surface area contributed by atoms with Gasteiger partial charge in [0.05, 0.1) is 6.10 Å². The van der Waals surface area contributed by atoms with Gasteiger partial charge in [-0.25, -0.2) is 0 Å². The number of halogens is 3. The summed E-state index contributed by atoms with van der Waals surface area (Å²) < 4.78 is 35.6. The number of hydrogen-bond acceptors (Lipinski definition) is 3. The third kappa shape index (κ3) is 3.13. The minimum Gasteiger partial charge on any atom is -0.392 e.